The molecule has 0 saturated heterocycles. The van der Waals surface area contributed by atoms with Crippen LogP contribution in [0.15, 0.2) is 6.07 Å². The molecule has 0 aliphatic heterocycles. The summed E-state index contributed by atoms with van der Waals surface area (Å²) in [5.41, 5.74) is -0.261. The van der Waals surface area contributed by atoms with E-state index in [1.807, 2.05) is 0 Å². The Kier molecular flexibility index (Phi) is 4.23. The molecule has 1 fully saturated rings. The number of carbonyl (C=O) groups is 1. The SMILES string of the molecule is COc1c(C2(C(=O)O)CCCCC2)cc(Cl)c(F)c1C. The second kappa shape index (κ2) is 5.60. The molecule has 1 saturated carbocycles. The lowest BCUT2D eigenvalue weighted by Gasteiger charge is -2.35. The lowest BCUT2D eigenvalue weighted by molar-refractivity contribution is -0.145. The number of halogens is 2. The van der Waals surface area contributed by atoms with Gasteiger partial charge in [0.25, 0.3) is 0 Å². The Balaban J connectivity index is 2.68. The predicted molar refractivity (Wildman–Crippen MR) is 75.1 cm³/mol. The highest BCUT2D eigenvalue weighted by Gasteiger charge is 2.44. The van der Waals surface area contributed by atoms with Gasteiger partial charge in [0.1, 0.15) is 11.6 Å². The molecule has 0 heterocycles. The lowest BCUT2D eigenvalue weighted by atomic mass is 9.69. The molecule has 1 aliphatic carbocycles. The molecule has 1 aromatic carbocycles. The van der Waals surface area contributed by atoms with Crippen LogP contribution in [0.3, 0.4) is 0 Å². The number of methoxy groups -OCH3 is 1. The van der Waals surface area contributed by atoms with E-state index in [1.165, 1.54) is 13.2 Å². The fraction of sp³-hybridized carbons (Fsp3) is 0.533. The van der Waals surface area contributed by atoms with Crippen LogP contribution < -0.4 is 4.74 Å². The maximum Gasteiger partial charge on any atom is 0.314 e. The third-order valence-corrected chi connectivity index (χ3v) is 4.51. The maximum atomic E-state index is 13.9. The van der Waals surface area contributed by atoms with Crippen LogP contribution in [0.5, 0.6) is 5.75 Å². The van der Waals surface area contributed by atoms with Crippen LogP contribution in [0.2, 0.25) is 5.02 Å². The topological polar surface area (TPSA) is 46.5 Å². The van der Waals surface area contributed by atoms with Gasteiger partial charge in [-0.2, -0.15) is 0 Å². The molecule has 20 heavy (non-hydrogen) atoms. The van der Waals surface area contributed by atoms with E-state index in [2.05, 4.69) is 0 Å². The van der Waals surface area contributed by atoms with Gasteiger partial charge in [-0.1, -0.05) is 30.9 Å². The molecule has 3 nitrogen and oxygen atoms in total. The molecule has 0 radical (unpaired) electrons. The Morgan fingerprint density at radius 2 is 2.00 bits per heavy atom. The summed E-state index contributed by atoms with van der Waals surface area (Å²) in [7, 11) is 1.43. The smallest absolute Gasteiger partial charge is 0.314 e. The fourth-order valence-electron chi connectivity index (χ4n) is 3.11. The van der Waals surface area contributed by atoms with Gasteiger partial charge in [-0.3, -0.25) is 4.79 Å². The van der Waals surface area contributed by atoms with Gasteiger partial charge in [0.05, 0.1) is 17.5 Å². The number of carboxylic acids is 1. The molecular formula is C15H18ClFO3. The van der Waals surface area contributed by atoms with Crippen LogP contribution >= 0.6 is 11.6 Å². The maximum absolute atomic E-state index is 13.9. The van der Waals surface area contributed by atoms with Gasteiger partial charge < -0.3 is 9.84 Å². The zero-order chi connectivity index (χ0) is 14.9. The van der Waals surface area contributed by atoms with Crippen molar-refractivity contribution in [3.8, 4) is 5.75 Å². The average Bonchev–Trinajstić information content (AvgIpc) is 2.45. The van der Waals surface area contributed by atoms with Crippen LogP contribution in [-0.2, 0) is 10.2 Å². The van der Waals surface area contributed by atoms with Gasteiger partial charge in [-0.25, -0.2) is 4.39 Å². The van der Waals surface area contributed by atoms with E-state index in [0.717, 1.165) is 19.3 Å². The molecule has 0 unspecified atom stereocenters. The first-order valence-electron chi connectivity index (χ1n) is 6.70. The molecule has 110 valence electrons. The number of aliphatic carboxylic acids is 1. The summed E-state index contributed by atoms with van der Waals surface area (Å²) in [6.45, 7) is 1.56. The molecule has 2 rings (SSSR count). The van der Waals surface area contributed by atoms with Gasteiger partial charge in [-0.15, -0.1) is 0 Å². The molecule has 0 spiro atoms. The summed E-state index contributed by atoms with van der Waals surface area (Å²) in [5.74, 6) is -1.14. The van der Waals surface area contributed by atoms with Crippen molar-refractivity contribution < 1.29 is 19.0 Å². The largest absolute Gasteiger partial charge is 0.496 e. The molecule has 0 aromatic heterocycles. The van der Waals surface area contributed by atoms with E-state index in [9.17, 15) is 14.3 Å². The summed E-state index contributed by atoms with van der Waals surface area (Å²) in [6.07, 6.45) is 3.75. The summed E-state index contributed by atoms with van der Waals surface area (Å²) < 4.78 is 19.2. The molecular weight excluding hydrogens is 283 g/mol. The van der Waals surface area contributed by atoms with Crippen molar-refractivity contribution in [1.29, 1.82) is 0 Å². The molecule has 0 bridgehead atoms. The first kappa shape index (κ1) is 15.1. The number of rotatable bonds is 3. The van der Waals surface area contributed by atoms with E-state index in [4.69, 9.17) is 16.3 Å². The number of ether oxygens (including phenoxy) is 1. The lowest BCUT2D eigenvalue weighted by Crippen LogP contribution is -2.38. The van der Waals surface area contributed by atoms with Crippen LogP contribution in [0.4, 0.5) is 4.39 Å². The second-order valence-electron chi connectivity index (χ2n) is 5.33. The molecule has 1 aliphatic rings. The molecule has 1 aromatic rings. The Morgan fingerprint density at radius 1 is 1.40 bits per heavy atom. The summed E-state index contributed by atoms with van der Waals surface area (Å²) >= 11 is 5.91. The van der Waals surface area contributed by atoms with Crippen molar-refractivity contribution in [2.24, 2.45) is 0 Å². The minimum atomic E-state index is -1.02. The Hall–Kier alpha value is -1.29. The zero-order valence-corrected chi connectivity index (χ0v) is 12.4. The van der Waals surface area contributed by atoms with Crippen LogP contribution in [-0.4, -0.2) is 18.2 Å². The van der Waals surface area contributed by atoms with Gasteiger partial charge in [0.2, 0.25) is 0 Å². The van der Waals surface area contributed by atoms with Crippen molar-refractivity contribution in [3.63, 3.8) is 0 Å². The minimum Gasteiger partial charge on any atom is -0.496 e. The minimum absolute atomic E-state index is 0.0514. The summed E-state index contributed by atoms with van der Waals surface area (Å²) in [6, 6.07) is 1.42. The summed E-state index contributed by atoms with van der Waals surface area (Å²) in [5, 5.41) is 9.67. The van der Waals surface area contributed by atoms with Gasteiger partial charge >= 0.3 is 5.97 Å². The molecule has 0 atom stereocenters. The van der Waals surface area contributed by atoms with E-state index in [0.29, 0.717) is 24.2 Å². The van der Waals surface area contributed by atoms with Crippen molar-refractivity contribution in [2.75, 3.05) is 7.11 Å². The number of carboxylic acid groups (broad SMARTS) is 1. The van der Waals surface area contributed by atoms with Crippen molar-refractivity contribution >= 4 is 17.6 Å². The molecule has 0 amide bonds. The van der Waals surface area contributed by atoms with Crippen LogP contribution in [0.1, 0.15) is 43.2 Å². The second-order valence-corrected chi connectivity index (χ2v) is 5.73. The molecule has 1 N–H and O–H groups in total. The monoisotopic (exact) mass is 300 g/mol. The van der Waals surface area contributed by atoms with E-state index < -0.39 is 17.2 Å². The quantitative estimate of drug-likeness (QED) is 0.915. The van der Waals surface area contributed by atoms with Crippen molar-refractivity contribution in [1.82, 2.24) is 0 Å². The van der Waals surface area contributed by atoms with Gasteiger partial charge in [0.15, 0.2) is 0 Å². The third-order valence-electron chi connectivity index (χ3n) is 4.23. The number of benzene rings is 1. The zero-order valence-electron chi connectivity index (χ0n) is 11.6. The standard InChI is InChI=1S/C15H18ClFO3/c1-9-12(17)11(16)8-10(13(9)20-2)15(14(18)19)6-4-3-5-7-15/h8H,3-7H2,1-2H3,(H,18,19). The fourth-order valence-corrected chi connectivity index (χ4v) is 3.36. The van der Waals surface area contributed by atoms with Gasteiger partial charge in [-0.05, 0) is 25.8 Å². The average molecular weight is 301 g/mol. The van der Waals surface area contributed by atoms with Crippen LogP contribution in [0, 0.1) is 12.7 Å². The highest BCUT2D eigenvalue weighted by molar-refractivity contribution is 6.31. The van der Waals surface area contributed by atoms with E-state index in [-0.39, 0.29) is 10.6 Å². The third kappa shape index (κ3) is 2.26. The summed E-state index contributed by atoms with van der Waals surface area (Å²) in [4.78, 5) is 11.9. The van der Waals surface area contributed by atoms with Crippen molar-refractivity contribution in [3.05, 3.63) is 28.0 Å². The van der Waals surface area contributed by atoms with Crippen molar-refractivity contribution in [2.45, 2.75) is 44.4 Å². The normalized spacial score (nSPS) is 17.8. The number of hydrogen-bond donors (Lipinski definition) is 1. The Labute approximate surface area is 122 Å². The van der Waals surface area contributed by atoms with E-state index in [1.54, 1.807) is 6.92 Å². The Morgan fingerprint density at radius 3 is 2.50 bits per heavy atom. The van der Waals surface area contributed by atoms with Crippen LogP contribution in [0.25, 0.3) is 0 Å². The van der Waals surface area contributed by atoms with Gasteiger partial charge in [0, 0.05) is 11.1 Å². The first-order chi connectivity index (χ1) is 9.44. The highest BCUT2D eigenvalue weighted by atomic mass is 35.5. The number of hydrogen-bond acceptors (Lipinski definition) is 2. The molecule has 5 heteroatoms. The first-order valence-corrected chi connectivity index (χ1v) is 7.08. The highest BCUT2D eigenvalue weighted by Crippen LogP contribution is 2.46. The Bertz CT molecular complexity index is 536. The predicted octanol–water partition coefficient (Wildman–Crippen LogP) is 4.08. The van der Waals surface area contributed by atoms with E-state index >= 15 is 0 Å².